The quantitative estimate of drug-likeness (QED) is 0.771. The Morgan fingerprint density at radius 1 is 1.36 bits per heavy atom. The number of aryl methyl sites for hydroxylation is 2. The zero-order chi connectivity index (χ0) is 10.6. The molecule has 2 heteroatoms. The van der Waals surface area contributed by atoms with E-state index >= 15 is 0 Å². The Kier molecular flexibility index (Phi) is 4.49. The summed E-state index contributed by atoms with van der Waals surface area (Å²) < 4.78 is 0. The molecule has 0 saturated heterocycles. The van der Waals surface area contributed by atoms with Crippen molar-refractivity contribution in [2.75, 3.05) is 6.54 Å². The topological polar surface area (TPSA) is 26.0 Å². The smallest absolute Gasteiger partial charge is 0.0107 e. The predicted octanol–water partition coefficient (Wildman–Crippen LogP) is 3.13. The molecule has 0 spiro atoms. The number of rotatable bonds is 4. The molecule has 0 heterocycles. The van der Waals surface area contributed by atoms with Crippen molar-refractivity contribution in [1.29, 1.82) is 0 Å². The van der Waals surface area contributed by atoms with Gasteiger partial charge in [0, 0.05) is 10.1 Å². The van der Waals surface area contributed by atoms with Gasteiger partial charge >= 0.3 is 0 Å². The monoisotopic (exact) mass is 209 g/mol. The molecule has 0 aliphatic rings. The maximum Gasteiger partial charge on any atom is 0.0107 e. The van der Waals surface area contributed by atoms with Crippen LogP contribution in [0, 0.1) is 13.8 Å². The van der Waals surface area contributed by atoms with Gasteiger partial charge in [-0.1, -0.05) is 24.6 Å². The summed E-state index contributed by atoms with van der Waals surface area (Å²) in [5.74, 6) is 0. The Balaban J connectivity index is 2.70. The van der Waals surface area contributed by atoms with Gasteiger partial charge in [-0.3, -0.25) is 0 Å². The Morgan fingerprint density at radius 2 is 2.07 bits per heavy atom. The fraction of sp³-hybridized carbons (Fsp3) is 0.500. The van der Waals surface area contributed by atoms with Gasteiger partial charge in [0.2, 0.25) is 0 Å². The van der Waals surface area contributed by atoms with E-state index in [1.807, 2.05) is 11.8 Å². The van der Waals surface area contributed by atoms with Gasteiger partial charge in [-0.25, -0.2) is 0 Å². The van der Waals surface area contributed by atoms with Crippen LogP contribution in [0.4, 0.5) is 0 Å². The number of nitrogens with two attached hydrogens (primary N) is 1. The van der Waals surface area contributed by atoms with Crippen LogP contribution in [0.3, 0.4) is 0 Å². The Labute approximate surface area is 91.1 Å². The number of benzene rings is 1. The van der Waals surface area contributed by atoms with Crippen LogP contribution in [0.15, 0.2) is 23.1 Å². The third-order valence-corrected chi connectivity index (χ3v) is 3.58. The largest absolute Gasteiger partial charge is 0.330 e. The van der Waals surface area contributed by atoms with E-state index in [0.717, 1.165) is 13.0 Å². The van der Waals surface area contributed by atoms with Crippen LogP contribution in [0.25, 0.3) is 0 Å². The van der Waals surface area contributed by atoms with Crippen molar-refractivity contribution in [1.82, 2.24) is 0 Å². The van der Waals surface area contributed by atoms with Crippen molar-refractivity contribution in [3.63, 3.8) is 0 Å². The zero-order valence-electron chi connectivity index (χ0n) is 9.21. The number of hydrogen-bond donors (Lipinski definition) is 1. The third kappa shape index (κ3) is 3.35. The lowest BCUT2D eigenvalue weighted by Crippen LogP contribution is -2.07. The van der Waals surface area contributed by atoms with Crippen molar-refractivity contribution in [3.05, 3.63) is 29.3 Å². The molecule has 0 bridgehead atoms. The maximum atomic E-state index is 5.54. The average Bonchev–Trinajstić information content (AvgIpc) is 2.12. The van der Waals surface area contributed by atoms with E-state index in [1.54, 1.807) is 0 Å². The van der Waals surface area contributed by atoms with Crippen molar-refractivity contribution in [3.8, 4) is 0 Å². The molecule has 1 nitrogen and oxygen atoms in total. The summed E-state index contributed by atoms with van der Waals surface area (Å²) in [6.07, 6.45) is 1.08. The van der Waals surface area contributed by atoms with Crippen molar-refractivity contribution < 1.29 is 0 Å². The van der Waals surface area contributed by atoms with Crippen molar-refractivity contribution >= 4 is 11.8 Å². The standard InChI is InChI=1S/C12H19NS/c1-9-4-5-10(2)12(8-9)14-11(3)6-7-13/h4-5,8,11H,6-7,13H2,1-3H3. The first-order valence-electron chi connectivity index (χ1n) is 5.07. The second kappa shape index (κ2) is 5.42. The SMILES string of the molecule is Cc1ccc(C)c(SC(C)CCN)c1. The van der Waals surface area contributed by atoms with Gasteiger partial charge < -0.3 is 5.73 Å². The Morgan fingerprint density at radius 3 is 2.71 bits per heavy atom. The number of hydrogen-bond acceptors (Lipinski definition) is 2. The van der Waals surface area contributed by atoms with Crippen LogP contribution in [0.5, 0.6) is 0 Å². The van der Waals surface area contributed by atoms with E-state index in [-0.39, 0.29) is 0 Å². The first kappa shape index (κ1) is 11.6. The zero-order valence-corrected chi connectivity index (χ0v) is 10.0. The van der Waals surface area contributed by atoms with E-state index in [0.29, 0.717) is 5.25 Å². The minimum absolute atomic E-state index is 0.612. The van der Waals surface area contributed by atoms with E-state index < -0.39 is 0 Å². The maximum absolute atomic E-state index is 5.54. The van der Waals surface area contributed by atoms with Crippen LogP contribution >= 0.6 is 11.8 Å². The molecule has 14 heavy (non-hydrogen) atoms. The highest BCUT2D eigenvalue weighted by atomic mass is 32.2. The van der Waals surface area contributed by atoms with E-state index in [2.05, 4.69) is 39.0 Å². The molecular weight excluding hydrogens is 190 g/mol. The van der Waals surface area contributed by atoms with E-state index in [1.165, 1.54) is 16.0 Å². The van der Waals surface area contributed by atoms with Crippen LogP contribution in [0.2, 0.25) is 0 Å². The molecular formula is C12H19NS. The van der Waals surface area contributed by atoms with E-state index in [4.69, 9.17) is 5.73 Å². The molecule has 0 radical (unpaired) electrons. The normalized spacial score (nSPS) is 12.9. The molecule has 1 unspecified atom stereocenters. The predicted molar refractivity (Wildman–Crippen MR) is 64.9 cm³/mol. The fourth-order valence-electron chi connectivity index (χ4n) is 1.34. The summed E-state index contributed by atoms with van der Waals surface area (Å²) in [5, 5.41) is 0.612. The highest BCUT2D eigenvalue weighted by molar-refractivity contribution is 8.00. The fourth-order valence-corrected chi connectivity index (χ4v) is 2.54. The van der Waals surface area contributed by atoms with Gasteiger partial charge in [-0.05, 0) is 38.4 Å². The molecule has 1 aromatic rings. The molecule has 1 aromatic carbocycles. The van der Waals surface area contributed by atoms with Gasteiger partial charge in [-0.15, -0.1) is 11.8 Å². The molecule has 0 saturated carbocycles. The average molecular weight is 209 g/mol. The lowest BCUT2D eigenvalue weighted by molar-refractivity contribution is 0.822. The minimum atomic E-state index is 0.612. The highest BCUT2D eigenvalue weighted by Gasteiger charge is 2.05. The summed E-state index contributed by atoms with van der Waals surface area (Å²) in [5.41, 5.74) is 8.23. The summed E-state index contributed by atoms with van der Waals surface area (Å²) in [6, 6.07) is 6.60. The van der Waals surface area contributed by atoms with Crippen LogP contribution in [-0.4, -0.2) is 11.8 Å². The first-order valence-corrected chi connectivity index (χ1v) is 5.95. The van der Waals surface area contributed by atoms with Crippen LogP contribution < -0.4 is 5.73 Å². The molecule has 1 atom stereocenters. The molecule has 0 aliphatic heterocycles. The van der Waals surface area contributed by atoms with Gasteiger partial charge in [-0.2, -0.15) is 0 Å². The molecule has 0 aromatic heterocycles. The van der Waals surface area contributed by atoms with Gasteiger partial charge in [0.15, 0.2) is 0 Å². The Hall–Kier alpha value is -0.470. The first-order chi connectivity index (χ1) is 6.63. The van der Waals surface area contributed by atoms with Crippen molar-refractivity contribution in [2.45, 2.75) is 37.3 Å². The van der Waals surface area contributed by atoms with Gasteiger partial charge in [0.1, 0.15) is 0 Å². The van der Waals surface area contributed by atoms with Crippen LogP contribution in [0.1, 0.15) is 24.5 Å². The minimum Gasteiger partial charge on any atom is -0.330 e. The molecule has 0 aliphatic carbocycles. The van der Waals surface area contributed by atoms with E-state index in [9.17, 15) is 0 Å². The van der Waals surface area contributed by atoms with Gasteiger partial charge in [0.25, 0.3) is 0 Å². The molecule has 78 valence electrons. The Bertz CT molecular complexity index is 296. The molecule has 0 fully saturated rings. The molecule has 0 amide bonds. The van der Waals surface area contributed by atoms with Gasteiger partial charge in [0.05, 0.1) is 0 Å². The second-order valence-corrected chi connectivity index (χ2v) is 5.26. The summed E-state index contributed by atoms with van der Waals surface area (Å²) in [7, 11) is 0. The van der Waals surface area contributed by atoms with Crippen molar-refractivity contribution in [2.24, 2.45) is 5.73 Å². The summed E-state index contributed by atoms with van der Waals surface area (Å²) in [6.45, 7) is 7.31. The highest BCUT2D eigenvalue weighted by Crippen LogP contribution is 2.28. The second-order valence-electron chi connectivity index (χ2n) is 3.77. The summed E-state index contributed by atoms with van der Waals surface area (Å²) in [4.78, 5) is 1.39. The third-order valence-electron chi connectivity index (χ3n) is 2.24. The molecule has 1 rings (SSSR count). The lowest BCUT2D eigenvalue weighted by Gasteiger charge is -2.12. The summed E-state index contributed by atoms with van der Waals surface area (Å²) >= 11 is 1.93. The number of thioether (sulfide) groups is 1. The lowest BCUT2D eigenvalue weighted by atomic mass is 10.2. The molecule has 2 N–H and O–H groups in total. The van der Waals surface area contributed by atoms with Crippen LogP contribution in [-0.2, 0) is 0 Å².